The Balaban J connectivity index is 1.39. The Kier molecular flexibility index (Phi) is 9.00. The molecule has 0 radical (unpaired) electrons. The molecule has 50 heavy (non-hydrogen) atoms. The van der Waals surface area contributed by atoms with Crippen LogP contribution >= 0.6 is 0 Å². The molecule has 2 aliphatic rings. The van der Waals surface area contributed by atoms with Crippen LogP contribution in [-0.4, -0.2) is 31.1 Å². The van der Waals surface area contributed by atoms with Crippen molar-refractivity contribution in [2.45, 2.75) is 52.4 Å². The normalized spacial score (nSPS) is 15.2. The summed E-state index contributed by atoms with van der Waals surface area (Å²) < 4.78 is 0. The van der Waals surface area contributed by atoms with Crippen LogP contribution in [0.15, 0.2) is 70.9 Å². The molecule has 0 unspecified atom stereocenters. The van der Waals surface area contributed by atoms with Crippen molar-refractivity contribution < 1.29 is 19.7 Å². The predicted octanol–water partition coefficient (Wildman–Crippen LogP) is 7.91. The van der Waals surface area contributed by atoms with Crippen LogP contribution in [0.4, 0.5) is 34.1 Å². The lowest BCUT2D eigenvalue weighted by Crippen LogP contribution is -2.18. The van der Waals surface area contributed by atoms with Gasteiger partial charge in [0.05, 0.1) is 43.2 Å². The van der Waals surface area contributed by atoms with Crippen molar-refractivity contribution in [3.8, 4) is 11.1 Å². The monoisotopic (exact) mass is 678 g/mol. The van der Waals surface area contributed by atoms with Gasteiger partial charge in [-0.05, 0) is 97.9 Å². The first-order chi connectivity index (χ1) is 23.9. The maximum Gasteiger partial charge on any atom is 0.301 e. The number of non-ortho nitro benzene ring substituents is 2. The second-order valence-corrected chi connectivity index (χ2v) is 12.0. The van der Waals surface area contributed by atoms with Gasteiger partial charge in [0.1, 0.15) is 11.4 Å². The number of fused-ring (bicyclic) bond motifs is 2. The second kappa shape index (κ2) is 13.5. The number of nitro groups is 4. The van der Waals surface area contributed by atoms with Crippen LogP contribution in [0.5, 0.6) is 0 Å². The SMILES string of the molecule is Cc1ccc2c(c1-c1c(C)ccc3c1CCC/C3=N/Nc1ccc([N+](=O)[O-])cc1[N+](=O)[O-])CCC/C2=N/Nc1ccc([N+](=O)[O-])cc1[N+](=O)[O-]. The third kappa shape index (κ3) is 6.33. The molecule has 0 spiro atoms. The van der Waals surface area contributed by atoms with E-state index in [1.165, 1.54) is 24.3 Å². The third-order valence-electron chi connectivity index (χ3n) is 9.00. The predicted molar refractivity (Wildman–Crippen MR) is 187 cm³/mol. The zero-order valence-electron chi connectivity index (χ0n) is 27.0. The Morgan fingerprint density at radius 1 is 0.540 bits per heavy atom. The van der Waals surface area contributed by atoms with Crippen LogP contribution in [0.1, 0.15) is 59.1 Å². The summed E-state index contributed by atoms with van der Waals surface area (Å²) in [6, 6.07) is 14.8. The zero-order valence-corrected chi connectivity index (χ0v) is 27.0. The van der Waals surface area contributed by atoms with Crippen LogP contribution in [0.25, 0.3) is 11.1 Å². The first-order valence-corrected chi connectivity index (χ1v) is 15.7. The molecule has 254 valence electrons. The molecule has 0 bridgehead atoms. The smallest absolute Gasteiger partial charge is 0.271 e. The molecular formula is C34H30N8O8. The fraction of sp³-hybridized carbons (Fsp3) is 0.235. The Morgan fingerprint density at radius 3 is 1.30 bits per heavy atom. The topological polar surface area (TPSA) is 221 Å². The van der Waals surface area contributed by atoms with Crippen molar-refractivity contribution in [2.75, 3.05) is 10.9 Å². The number of hydrogen-bond donors (Lipinski definition) is 2. The largest absolute Gasteiger partial charge is 0.301 e. The Morgan fingerprint density at radius 2 is 0.940 bits per heavy atom. The number of rotatable bonds is 9. The molecule has 0 fully saturated rings. The second-order valence-electron chi connectivity index (χ2n) is 12.0. The molecule has 4 aromatic rings. The minimum Gasteiger partial charge on any atom is -0.271 e. The molecule has 2 N–H and O–H groups in total. The van der Waals surface area contributed by atoms with E-state index in [0.717, 1.165) is 82.3 Å². The Hall–Kier alpha value is -6.58. The number of nitrogens with zero attached hydrogens (tertiary/aromatic N) is 6. The van der Waals surface area contributed by atoms with Crippen LogP contribution in [0, 0.1) is 54.3 Å². The molecule has 0 saturated carbocycles. The van der Waals surface area contributed by atoms with Gasteiger partial charge in [-0.2, -0.15) is 10.2 Å². The highest BCUT2D eigenvalue weighted by molar-refractivity contribution is 6.07. The van der Waals surface area contributed by atoms with E-state index in [-0.39, 0.29) is 11.4 Å². The summed E-state index contributed by atoms with van der Waals surface area (Å²) >= 11 is 0. The molecule has 0 atom stereocenters. The van der Waals surface area contributed by atoms with E-state index in [1.807, 2.05) is 38.1 Å². The molecule has 2 aliphatic carbocycles. The molecule has 16 heteroatoms. The van der Waals surface area contributed by atoms with Gasteiger partial charge in [-0.3, -0.25) is 51.3 Å². The average Bonchev–Trinajstić information content (AvgIpc) is 3.09. The van der Waals surface area contributed by atoms with E-state index < -0.39 is 42.4 Å². The van der Waals surface area contributed by atoms with E-state index in [0.29, 0.717) is 24.3 Å². The summed E-state index contributed by atoms with van der Waals surface area (Å²) in [5, 5.41) is 54.8. The number of anilines is 2. The fourth-order valence-electron chi connectivity index (χ4n) is 6.67. The first-order valence-electron chi connectivity index (χ1n) is 15.7. The number of benzene rings is 4. The quantitative estimate of drug-likeness (QED) is 0.128. The minimum absolute atomic E-state index is 0.0417. The maximum atomic E-state index is 11.7. The van der Waals surface area contributed by atoms with Gasteiger partial charge in [-0.1, -0.05) is 24.3 Å². The molecule has 0 saturated heterocycles. The van der Waals surface area contributed by atoms with Crippen molar-refractivity contribution in [3.05, 3.63) is 135 Å². The van der Waals surface area contributed by atoms with Crippen molar-refractivity contribution in [1.82, 2.24) is 0 Å². The van der Waals surface area contributed by atoms with E-state index in [1.54, 1.807) is 0 Å². The molecule has 6 rings (SSSR count). The van der Waals surface area contributed by atoms with Crippen LogP contribution < -0.4 is 10.9 Å². The van der Waals surface area contributed by atoms with Crippen molar-refractivity contribution in [1.29, 1.82) is 0 Å². The van der Waals surface area contributed by atoms with E-state index in [2.05, 4.69) is 21.1 Å². The molecule has 0 amide bonds. The lowest BCUT2D eigenvalue weighted by Gasteiger charge is -2.28. The van der Waals surface area contributed by atoms with Gasteiger partial charge in [-0.25, -0.2) is 0 Å². The Bertz CT molecular complexity index is 2030. The van der Waals surface area contributed by atoms with Crippen molar-refractivity contribution in [2.24, 2.45) is 10.2 Å². The first kappa shape index (κ1) is 33.3. The molecule has 4 aromatic carbocycles. The van der Waals surface area contributed by atoms with Crippen LogP contribution in [-0.2, 0) is 12.8 Å². The summed E-state index contributed by atoms with van der Waals surface area (Å²) in [7, 11) is 0. The van der Waals surface area contributed by atoms with Crippen LogP contribution in [0.3, 0.4) is 0 Å². The molecule has 0 heterocycles. The lowest BCUT2D eigenvalue weighted by atomic mass is 9.77. The van der Waals surface area contributed by atoms with Gasteiger partial charge in [0.2, 0.25) is 0 Å². The van der Waals surface area contributed by atoms with Gasteiger partial charge < -0.3 is 0 Å². The van der Waals surface area contributed by atoms with Crippen LogP contribution in [0.2, 0.25) is 0 Å². The standard InChI is InChI=1S/C34H30N8O8/c1-19-9-13-23-25(5-3-7-27(23)35-37-29-15-11-21(39(43)44)17-31(29)41(47)48)33(19)34-20(2)10-14-24-26(34)6-4-8-28(24)36-38-30-16-12-22(40(45)46)18-32(30)42(49)50/h9-18,37-38H,3-8H2,1-2H3/b35-27-,36-28-. The number of nitro benzene ring substituents is 4. The maximum absolute atomic E-state index is 11.7. The molecular weight excluding hydrogens is 648 g/mol. The molecule has 0 aliphatic heterocycles. The van der Waals surface area contributed by atoms with Gasteiger partial charge in [0.25, 0.3) is 11.4 Å². The van der Waals surface area contributed by atoms with E-state index in [4.69, 9.17) is 0 Å². The Labute approximate surface area is 284 Å². The number of nitrogens with one attached hydrogen (secondary N) is 2. The summed E-state index contributed by atoms with van der Waals surface area (Å²) in [6.45, 7) is 4.09. The van der Waals surface area contributed by atoms with Gasteiger partial charge >= 0.3 is 11.4 Å². The zero-order chi connectivity index (χ0) is 35.7. The summed E-state index contributed by atoms with van der Waals surface area (Å²) in [5.74, 6) is 0. The lowest BCUT2D eigenvalue weighted by molar-refractivity contribution is -0.393. The van der Waals surface area contributed by atoms with Gasteiger partial charge in [0, 0.05) is 23.3 Å². The van der Waals surface area contributed by atoms with E-state index >= 15 is 0 Å². The molecule has 16 nitrogen and oxygen atoms in total. The highest BCUT2D eigenvalue weighted by Crippen LogP contribution is 2.41. The highest BCUT2D eigenvalue weighted by Gasteiger charge is 2.28. The van der Waals surface area contributed by atoms with E-state index in [9.17, 15) is 40.5 Å². The highest BCUT2D eigenvalue weighted by atomic mass is 16.6. The fourth-order valence-corrected chi connectivity index (χ4v) is 6.67. The van der Waals surface area contributed by atoms with Gasteiger partial charge in [-0.15, -0.1) is 0 Å². The van der Waals surface area contributed by atoms with Gasteiger partial charge in [0.15, 0.2) is 0 Å². The number of aryl methyl sites for hydroxylation is 2. The minimum atomic E-state index is -0.690. The third-order valence-corrected chi connectivity index (χ3v) is 9.00. The van der Waals surface area contributed by atoms with Crippen molar-refractivity contribution >= 4 is 45.5 Å². The molecule has 0 aromatic heterocycles. The summed E-state index contributed by atoms with van der Waals surface area (Å²) in [4.78, 5) is 43.0. The summed E-state index contributed by atoms with van der Waals surface area (Å²) in [5.41, 5.74) is 13.6. The average molecular weight is 679 g/mol. The number of hydrogen-bond acceptors (Lipinski definition) is 12. The summed E-state index contributed by atoms with van der Waals surface area (Å²) in [6.07, 6.45) is 4.35. The number of hydrazone groups is 2. The van der Waals surface area contributed by atoms with Crippen molar-refractivity contribution in [3.63, 3.8) is 0 Å².